The maximum absolute atomic E-state index is 14.5. The molecule has 3 rings (SSSR count). The zero-order valence-electron chi connectivity index (χ0n) is 15.1. The van der Waals surface area contributed by atoms with Gasteiger partial charge in [-0.05, 0) is 57.4 Å². The van der Waals surface area contributed by atoms with Crippen molar-refractivity contribution in [2.75, 3.05) is 0 Å². The van der Waals surface area contributed by atoms with Crippen LogP contribution in [-0.4, -0.2) is 18.3 Å². The normalized spacial score (nSPS) is 18.2. The Morgan fingerprint density at radius 3 is 2.23 bits per heavy atom. The molecule has 1 heterocycles. The molecule has 2 aromatic carbocycles. The van der Waals surface area contributed by atoms with E-state index in [2.05, 4.69) is 0 Å². The fourth-order valence-electron chi connectivity index (χ4n) is 2.55. The topological polar surface area (TPSA) is 27.7 Å². The summed E-state index contributed by atoms with van der Waals surface area (Å²) in [6, 6.07) is 9.77. The van der Waals surface area contributed by atoms with Crippen LogP contribution in [-0.2, 0) is 15.9 Å². The molecule has 26 heavy (non-hydrogen) atoms. The summed E-state index contributed by atoms with van der Waals surface area (Å²) in [7, 11) is -0.602. The predicted molar refractivity (Wildman–Crippen MR) is 103 cm³/mol. The molecule has 2 aromatic rings. The second-order valence-corrected chi connectivity index (χ2v) is 8.15. The zero-order chi connectivity index (χ0) is 19.1. The fraction of sp³-hybridized carbons (Fsp3) is 0.368. The molecular weight excluding hydrogens is 377 g/mol. The third-order valence-electron chi connectivity index (χ3n) is 4.88. The van der Waals surface area contributed by atoms with Gasteiger partial charge in [0.15, 0.2) is 0 Å². The monoisotopic (exact) mass is 396 g/mol. The molecule has 0 bridgehead atoms. The van der Waals surface area contributed by atoms with Gasteiger partial charge in [0.25, 0.3) is 0 Å². The van der Waals surface area contributed by atoms with E-state index in [4.69, 9.17) is 37.2 Å². The van der Waals surface area contributed by atoms with Gasteiger partial charge < -0.3 is 14.0 Å². The summed E-state index contributed by atoms with van der Waals surface area (Å²) in [6.45, 7) is 7.89. The third-order valence-corrected chi connectivity index (χ3v) is 5.41. The number of ether oxygens (including phenoxy) is 1. The number of benzene rings is 2. The summed E-state index contributed by atoms with van der Waals surface area (Å²) in [5.74, 6) is 0.0628. The lowest BCUT2D eigenvalue weighted by atomic mass is 9.79. The van der Waals surface area contributed by atoms with Crippen molar-refractivity contribution in [3.05, 3.63) is 57.8 Å². The van der Waals surface area contributed by atoms with Crippen LogP contribution in [0, 0.1) is 5.82 Å². The van der Waals surface area contributed by atoms with Crippen LogP contribution in [0.2, 0.25) is 10.0 Å². The van der Waals surface area contributed by atoms with E-state index in [0.29, 0.717) is 26.8 Å². The van der Waals surface area contributed by atoms with E-state index >= 15 is 0 Å². The van der Waals surface area contributed by atoms with Gasteiger partial charge in [-0.15, -0.1) is 0 Å². The van der Waals surface area contributed by atoms with Crippen molar-refractivity contribution in [2.24, 2.45) is 0 Å². The Morgan fingerprint density at radius 2 is 1.65 bits per heavy atom. The highest BCUT2D eigenvalue weighted by molar-refractivity contribution is 6.62. The van der Waals surface area contributed by atoms with Crippen LogP contribution in [0.15, 0.2) is 36.4 Å². The molecule has 138 valence electrons. The van der Waals surface area contributed by atoms with Gasteiger partial charge in [0.05, 0.1) is 16.2 Å². The number of halogens is 3. The van der Waals surface area contributed by atoms with Crippen LogP contribution in [0.1, 0.15) is 33.3 Å². The lowest BCUT2D eigenvalue weighted by Gasteiger charge is -2.32. The van der Waals surface area contributed by atoms with Crippen LogP contribution < -0.4 is 10.2 Å². The first-order valence-corrected chi connectivity index (χ1v) is 9.06. The predicted octanol–water partition coefficient (Wildman–Crippen LogP) is 5.01. The van der Waals surface area contributed by atoms with Crippen LogP contribution in [0.5, 0.6) is 5.75 Å². The maximum atomic E-state index is 14.5. The van der Waals surface area contributed by atoms with Crippen molar-refractivity contribution in [3.8, 4) is 5.75 Å². The van der Waals surface area contributed by atoms with Gasteiger partial charge in [-0.1, -0.05) is 35.3 Å². The molecule has 0 amide bonds. The summed E-state index contributed by atoms with van der Waals surface area (Å²) >= 11 is 11.9. The standard InChI is InChI=1S/C19H20BCl2FO3/c1-18(2)19(3,4)26-20(25-18)13-6-5-12(16(23)9-13)11-24-17-8-7-14(21)10-15(17)22/h5-10H,11H2,1-4H3. The molecule has 0 spiro atoms. The van der Waals surface area contributed by atoms with Gasteiger partial charge in [-0.2, -0.15) is 0 Å². The SMILES string of the molecule is CC1(C)OB(c2ccc(COc3ccc(Cl)cc3Cl)c(F)c2)OC1(C)C. The molecule has 0 saturated carbocycles. The Kier molecular flexibility index (Phi) is 5.28. The van der Waals surface area contributed by atoms with Crippen molar-refractivity contribution in [1.82, 2.24) is 0 Å². The highest BCUT2D eigenvalue weighted by Crippen LogP contribution is 2.36. The van der Waals surface area contributed by atoms with E-state index in [9.17, 15) is 4.39 Å². The van der Waals surface area contributed by atoms with Crippen LogP contribution in [0.3, 0.4) is 0 Å². The number of hydrogen-bond acceptors (Lipinski definition) is 3. The Bertz CT molecular complexity index is 810. The zero-order valence-corrected chi connectivity index (χ0v) is 16.6. The van der Waals surface area contributed by atoms with E-state index < -0.39 is 18.3 Å². The summed E-state index contributed by atoms with van der Waals surface area (Å²) in [6.07, 6.45) is 0. The smallest absolute Gasteiger partial charge is 0.487 e. The van der Waals surface area contributed by atoms with Crippen molar-refractivity contribution in [3.63, 3.8) is 0 Å². The molecule has 0 N–H and O–H groups in total. The van der Waals surface area contributed by atoms with Gasteiger partial charge in [0.2, 0.25) is 0 Å². The Balaban J connectivity index is 1.72. The Hall–Kier alpha value is -1.27. The highest BCUT2D eigenvalue weighted by Gasteiger charge is 2.51. The van der Waals surface area contributed by atoms with Gasteiger partial charge in [0, 0.05) is 10.6 Å². The Morgan fingerprint density at radius 1 is 1.00 bits per heavy atom. The third kappa shape index (κ3) is 3.86. The lowest BCUT2D eigenvalue weighted by molar-refractivity contribution is 0.00578. The van der Waals surface area contributed by atoms with Crippen molar-refractivity contribution >= 4 is 35.8 Å². The molecule has 1 saturated heterocycles. The maximum Gasteiger partial charge on any atom is 0.494 e. The van der Waals surface area contributed by atoms with Gasteiger partial charge >= 0.3 is 7.12 Å². The molecule has 1 fully saturated rings. The van der Waals surface area contributed by atoms with Gasteiger partial charge in [-0.3, -0.25) is 0 Å². The minimum Gasteiger partial charge on any atom is -0.487 e. The van der Waals surface area contributed by atoms with Crippen molar-refractivity contribution in [2.45, 2.75) is 45.5 Å². The van der Waals surface area contributed by atoms with E-state index in [1.807, 2.05) is 27.7 Å². The van der Waals surface area contributed by atoms with Crippen LogP contribution >= 0.6 is 23.2 Å². The quantitative estimate of drug-likeness (QED) is 0.679. The molecule has 0 unspecified atom stereocenters. The summed E-state index contributed by atoms with van der Waals surface area (Å²) < 4.78 is 32.0. The minimum atomic E-state index is -0.602. The average Bonchev–Trinajstić information content (AvgIpc) is 2.75. The van der Waals surface area contributed by atoms with Crippen LogP contribution in [0.4, 0.5) is 4.39 Å². The first-order valence-electron chi connectivity index (χ1n) is 8.31. The molecular formula is C19H20BCl2FO3. The van der Waals surface area contributed by atoms with E-state index in [-0.39, 0.29) is 12.4 Å². The molecule has 1 aliphatic heterocycles. The molecule has 0 atom stereocenters. The molecule has 7 heteroatoms. The molecule has 1 aliphatic rings. The average molecular weight is 397 g/mol. The van der Waals surface area contributed by atoms with Crippen LogP contribution in [0.25, 0.3) is 0 Å². The molecule has 0 aromatic heterocycles. The fourth-order valence-corrected chi connectivity index (χ4v) is 3.02. The first kappa shape index (κ1) is 19.5. The Labute approximate surface area is 163 Å². The minimum absolute atomic E-state index is 0.0524. The molecule has 0 radical (unpaired) electrons. The van der Waals surface area contributed by atoms with E-state index in [0.717, 1.165) is 0 Å². The highest BCUT2D eigenvalue weighted by atomic mass is 35.5. The van der Waals surface area contributed by atoms with Gasteiger partial charge in [0.1, 0.15) is 18.2 Å². The number of rotatable bonds is 4. The summed E-state index contributed by atoms with van der Waals surface area (Å²) in [5, 5.41) is 0.895. The lowest BCUT2D eigenvalue weighted by Crippen LogP contribution is -2.41. The summed E-state index contributed by atoms with van der Waals surface area (Å²) in [4.78, 5) is 0. The largest absolute Gasteiger partial charge is 0.494 e. The van der Waals surface area contributed by atoms with E-state index in [1.54, 1.807) is 30.3 Å². The number of hydrogen-bond donors (Lipinski definition) is 0. The van der Waals surface area contributed by atoms with E-state index in [1.165, 1.54) is 6.07 Å². The second-order valence-electron chi connectivity index (χ2n) is 7.30. The van der Waals surface area contributed by atoms with Gasteiger partial charge in [-0.25, -0.2) is 4.39 Å². The van der Waals surface area contributed by atoms with Crippen molar-refractivity contribution in [1.29, 1.82) is 0 Å². The first-order chi connectivity index (χ1) is 12.1. The van der Waals surface area contributed by atoms with Crippen molar-refractivity contribution < 1.29 is 18.4 Å². The molecule has 3 nitrogen and oxygen atoms in total. The molecule has 0 aliphatic carbocycles. The second kappa shape index (κ2) is 7.04. The summed E-state index contributed by atoms with van der Waals surface area (Å²) in [5.41, 5.74) is 0.105.